The van der Waals surface area contributed by atoms with Crippen molar-refractivity contribution in [2.45, 2.75) is 6.04 Å². The summed E-state index contributed by atoms with van der Waals surface area (Å²) >= 11 is 1.51. The number of nitrogens with one attached hydrogen (secondary N) is 1. The summed E-state index contributed by atoms with van der Waals surface area (Å²) in [7, 11) is 0. The van der Waals surface area contributed by atoms with E-state index in [4.69, 9.17) is 5.26 Å². The molecule has 1 aliphatic heterocycles. The lowest BCUT2D eigenvalue weighted by Crippen LogP contribution is -2.42. The van der Waals surface area contributed by atoms with E-state index in [-0.39, 0.29) is 12.5 Å². The van der Waals surface area contributed by atoms with Crippen molar-refractivity contribution in [1.29, 1.82) is 5.26 Å². The van der Waals surface area contributed by atoms with E-state index in [2.05, 4.69) is 21.4 Å². The highest BCUT2D eigenvalue weighted by atomic mass is 32.2. The third kappa shape index (κ3) is 3.95. The van der Waals surface area contributed by atoms with Gasteiger partial charge in [0.2, 0.25) is 11.9 Å². The second kappa shape index (κ2) is 8.47. The molecule has 0 spiro atoms. The Morgan fingerprint density at radius 2 is 2.00 bits per heavy atom. The number of hydrogen-bond acceptors (Lipinski definition) is 6. The largest absolute Gasteiger partial charge is 0.343 e. The van der Waals surface area contributed by atoms with Crippen LogP contribution in [0.15, 0.2) is 48.8 Å². The van der Waals surface area contributed by atoms with Crippen molar-refractivity contribution in [2.75, 3.05) is 18.2 Å². The molecule has 1 saturated heterocycles. The van der Waals surface area contributed by atoms with Crippen LogP contribution in [0.2, 0.25) is 0 Å². The van der Waals surface area contributed by atoms with Gasteiger partial charge in [-0.1, -0.05) is 6.07 Å². The van der Waals surface area contributed by atoms with E-state index < -0.39 is 17.9 Å². The maximum absolute atomic E-state index is 13.5. The number of benzene rings is 1. The normalized spacial score (nSPS) is 15.7. The molecule has 9 heteroatoms. The summed E-state index contributed by atoms with van der Waals surface area (Å²) in [4.78, 5) is 34.5. The first kappa shape index (κ1) is 19.8. The molecule has 30 heavy (non-hydrogen) atoms. The Kier molecular flexibility index (Phi) is 5.59. The van der Waals surface area contributed by atoms with Crippen LogP contribution in [0.1, 0.15) is 10.4 Å². The molecule has 3 aromatic rings. The number of nitriles is 1. The van der Waals surface area contributed by atoms with Crippen LogP contribution in [-0.4, -0.2) is 50.9 Å². The summed E-state index contributed by atoms with van der Waals surface area (Å²) < 4.78 is 13.5. The van der Waals surface area contributed by atoms with Gasteiger partial charge in [-0.05, 0) is 35.4 Å². The van der Waals surface area contributed by atoms with Gasteiger partial charge in [-0.15, -0.1) is 11.8 Å². The molecule has 1 atom stereocenters. The zero-order valence-corrected chi connectivity index (χ0v) is 16.5. The number of carbonyl (C=O) groups excluding carboxylic acids is 2. The second-order valence-corrected chi connectivity index (χ2v) is 7.65. The van der Waals surface area contributed by atoms with Gasteiger partial charge >= 0.3 is 0 Å². The SMILES string of the molecule is N#C[C@@H]1CSCN1C(=O)CNC(=O)c1ccnc2ccc(-c3ccnc(F)c3)cc12. The maximum atomic E-state index is 13.5. The summed E-state index contributed by atoms with van der Waals surface area (Å²) in [6.07, 6.45) is 2.90. The summed E-state index contributed by atoms with van der Waals surface area (Å²) in [6.45, 7) is -0.198. The molecule has 1 fully saturated rings. The number of thioether (sulfide) groups is 1. The zero-order valence-electron chi connectivity index (χ0n) is 15.7. The van der Waals surface area contributed by atoms with Crippen molar-refractivity contribution in [1.82, 2.24) is 20.2 Å². The fraction of sp³-hybridized carbons (Fsp3) is 0.190. The molecule has 2 aromatic heterocycles. The van der Waals surface area contributed by atoms with Gasteiger partial charge in [0, 0.05) is 29.6 Å². The van der Waals surface area contributed by atoms with Crippen LogP contribution in [0.4, 0.5) is 4.39 Å². The fourth-order valence-electron chi connectivity index (χ4n) is 3.25. The highest BCUT2D eigenvalue weighted by molar-refractivity contribution is 7.99. The lowest BCUT2D eigenvalue weighted by atomic mass is 10.0. The maximum Gasteiger partial charge on any atom is 0.252 e. The van der Waals surface area contributed by atoms with E-state index in [9.17, 15) is 14.0 Å². The molecule has 0 saturated carbocycles. The summed E-state index contributed by atoms with van der Waals surface area (Å²) in [5.41, 5.74) is 2.31. The van der Waals surface area contributed by atoms with E-state index in [1.54, 1.807) is 30.3 Å². The van der Waals surface area contributed by atoms with Gasteiger partial charge in [-0.2, -0.15) is 9.65 Å². The minimum Gasteiger partial charge on any atom is -0.343 e. The van der Waals surface area contributed by atoms with Gasteiger partial charge in [0.25, 0.3) is 5.91 Å². The van der Waals surface area contributed by atoms with Crippen molar-refractivity contribution in [3.8, 4) is 17.2 Å². The number of carbonyl (C=O) groups is 2. The smallest absolute Gasteiger partial charge is 0.252 e. The number of fused-ring (bicyclic) bond motifs is 1. The van der Waals surface area contributed by atoms with Crippen LogP contribution in [0, 0.1) is 17.3 Å². The van der Waals surface area contributed by atoms with Gasteiger partial charge in [0.1, 0.15) is 6.04 Å². The Balaban J connectivity index is 1.57. The van der Waals surface area contributed by atoms with E-state index in [1.807, 2.05) is 0 Å². The Bertz CT molecular complexity index is 1180. The van der Waals surface area contributed by atoms with Gasteiger partial charge in [-0.3, -0.25) is 14.6 Å². The monoisotopic (exact) mass is 421 g/mol. The molecule has 150 valence electrons. The zero-order chi connectivity index (χ0) is 21.1. The van der Waals surface area contributed by atoms with Crippen LogP contribution in [0.25, 0.3) is 22.0 Å². The average molecular weight is 421 g/mol. The number of amides is 2. The molecule has 3 heterocycles. The minimum atomic E-state index is -0.592. The topological polar surface area (TPSA) is 99.0 Å². The van der Waals surface area contributed by atoms with Crippen molar-refractivity contribution in [3.05, 3.63) is 60.3 Å². The van der Waals surface area contributed by atoms with Gasteiger partial charge in [0.15, 0.2) is 0 Å². The van der Waals surface area contributed by atoms with E-state index in [0.717, 1.165) is 0 Å². The van der Waals surface area contributed by atoms with Crippen molar-refractivity contribution in [2.24, 2.45) is 0 Å². The van der Waals surface area contributed by atoms with E-state index in [0.29, 0.717) is 39.2 Å². The quantitative estimate of drug-likeness (QED) is 0.650. The third-order valence-electron chi connectivity index (χ3n) is 4.80. The van der Waals surface area contributed by atoms with Crippen LogP contribution >= 0.6 is 11.8 Å². The van der Waals surface area contributed by atoms with Gasteiger partial charge in [-0.25, -0.2) is 4.98 Å². The van der Waals surface area contributed by atoms with Crippen molar-refractivity contribution in [3.63, 3.8) is 0 Å². The highest BCUT2D eigenvalue weighted by Gasteiger charge is 2.29. The van der Waals surface area contributed by atoms with Crippen LogP contribution in [0.5, 0.6) is 0 Å². The first-order chi connectivity index (χ1) is 14.6. The minimum absolute atomic E-state index is 0.198. The Morgan fingerprint density at radius 1 is 1.20 bits per heavy atom. The Labute approximate surface area is 175 Å². The molecule has 1 aromatic carbocycles. The van der Waals surface area contributed by atoms with Crippen LogP contribution in [0.3, 0.4) is 0 Å². The summed E-state index contributed by atoms with van der Waals surface area (Å²) in [6, 6.07) is 11.5. The van der Waals surface area contributed by atoms with E-state index >= 15 is 0 Å². The second-order valence-electron chi connectivity index (χ2n) is 6.65. The van der Waals surface area contributed by atoms with Gasteiger partial charge in [0.05, 0.1) is 29.6 Å². The third-order valence-corrected chi connectivity index (χ3v) is 5.81. The molecule has 4 rings (SSSR count). The van der Waals surface area contributed by atoms with Crippen molar-refractivity contribution >= 4 is 34.5 Å². The van der Waals surface area contributed by atoms with Crippen molar-refractivity contribution < 1.29 is 14.0 Å². The molecule has 0 aliphatic carbocycles. The molecule has 2 amide bonds. The summed E-state index contributed by atoms with van der Waals surface area (Å²) in [5.74, 6) is -0.299. The first-order valence-corrected chi connectivity index (χ1v) is 10.3. The number of nitrogens with zero attached hydrogens (tertiary/aromatic N) is 4. The average Bonchev–Trinajstić information content (AvgIpc) is 3.25. The summed E-state index contributed by atoms with van der Waals surface area (Å²) in [5, 5.41) is 12.3. The molecule has 0 radical (unpaired) electrons. The number of aromatic nitrogens is 2. The molecule has 1 N–H and O–H groups in total. The Morgan fingerprint density at radius 3 is 2.80 bits per heavy atom. The lowest BCUT2D eigenvalue weighted by molar-refractivity contribution is -0.129. The van der Waals surface area contributed by atoms with Crippen LogP contribution < -0.4 is 5.32 Å². The molecular formula is C21H16FN5O2S. The first-order valence-electron chi connectivity index (χ1n) is 9.12. The standard InChI is InChI=1S/C21H16FN5O2S/c22-19-8-14(3-5-25-19)13-1-2-18-17(7-13)16(4-6-24-18)21(29)26-10-20(28)27-12-30-11-15(27)9-23/h1-8,15H,10-12H2,(H,26,29)/t15-/m1/s1. The number of halogens is 1. The number of hydrogen-bond donors (Lipinski definition) is 1. The Hall–Kier alpha value is -3.51. The van der Waals surface area contributed by atoms with Crippen LogP contribution in [-0.2, 0) is 4.79 Å². The predicted molar refractivity (Wildman–Crippen MR) is 111 cm³/mol. The lowest BCUT2D eigenvalue weighted by Gasteiger charge is -2.18. The molecular weight excluding hydrogens is 405 g/mol. The fourth-order valence-corrected chi connectivity index (χ4v) is 4.36. The molecule has 0 bridgehead atoms. The molecule has 7 nitrogen and oxygen atoms in total. The molecule has 1 aliphatic rings. The number of pyridine rings is 2. The molecule has 0 unspecified atom stereocenters. The van der Waals surface area contributed by atoms with Gasteiger partial charge < -0.3 is 10.2 Å². The van der Waals surface area contributed by atoms with E-state index in [1.165, 1.54) is 35.1 Å². The highest BCUT2D eigenvalue weighted by Crippen LogP contribution is 2.26. The number of rotatable bonds is 4. The predicted octanol–water partition coefficient (Wildman–Crippen LogP) is 2.59.